The summed E-state index contributed by atoms with van der Waals surface area (Å²) in [6, 6.07) is 0.317. The molecule has 1 aromatic rings. The van der Waals surface area contributed by atoms with Gasteiger partial charge >= 0.3 is 5.97 Å². The van der Waals surface area contributed by atoms with Crippen molar-refractivity contribution in [3.63, 3.8) is 0 Å². The lowest BCUT2D eigenvalue weighted by Crippen LogP contribution is -2.37. The minimum absolute atomic E-state index is 0.287. The van der Waals surface area contributed by atoms with Gasteiger partial charge in [-0.3, -0.25) is 14.4 Å². The van der Waals surface area contributed by atoms with E-state index in [9.17, 15) is 4.79 Å². The van der Waals surface area contributed by atoms with Gasteiger partial charge in [0.15, 0.2) is 0 Å². The second kappa shape index (κ2) is 6.19. The van der Waals surface area contributed by atoms with Gasteiger partial charge in [0, 0.05) is 37.3 Å². The Kier molecular flexibility index (Phi) is 4.58. The molecule has 106 valence electrons. The molecule has 1 fully saturated rings. The number of likely N-dealkylation sites (tertiary alicyclic amines) is 1. The standard InChI is InChI=1S/C14H23N3O2/c1-3-17-10-13(8-15-17)11(2)16-6-4-5-12(9-16)7-14(18)19/h8,10-12H,3-7,9H2,1-2H3,(H,18,19). The fraction of sp³-hybridized carbons (Fsp3) is 0.714. The lowest BCUT2D eigenvalue weighted by Gasteiger charge is -2.36. The van der Waals surface area contributed by atoms with E-state index in [0.717, 1.165) is 32.5 Å². The van der Waals surface area contributed by atoms with Gasteiger partial charge < -0.3 is 5.11 Å². The Morgan fingerprint density at radius 1 is 1.63 bits per heavy atom. The van der Waals surface area contributed by atoms with Gasteiger partial charge in [-0.2, -0.15) is 5.10 Å². The van der Waals surface area contributed by atoms with E-state index in [-0.39, 0.29) is 12.3 Å². The van der Waals surface area contributed by atoms with Gasteiger partial charge in [-0.1, -0.05) is 0 Å². The largest absolute Gasteiger partial charge is 0.481 e. The molecule has 0 radical (unpaired) electrons. The van der Waals surface area contributed by atoms with Crippen LogP contribution in [0.25, 0.3) is 0 Å². The maximum atomic E-state index is 10.8. The molecular formula is C14H23N3O2. The van der Waals surface area contributed by atoms with Crippen molar-refractivity contribution >= 4 is 5.97 Å². The second-order valence-electron chi connectivity index (χ2n) is 5.41. The summed E-state index contributed by atoms with van der Waals surface area (Å²) in [5.41, 5.74) is 1.22. The van der Waals surface area contributed by atoms with Crippen LogP contribution in [0.1, 0.15) is 44.7 Å². The lowest BCUT2D eigenvalue weighted by molar-refractivity contribution is -0.138. The molecule has 2 heterocycles. The van der Waals surface area contributed by atoms with Crippen LogP contribution in [0.15, 0.2) is 12.4 Å². The molecule has 19 heavy (non-hydrogen) atoms. The number of hydrogen-bond donors (Lipinski definition) is 1. The SMILES string of the molecule is CCn1cc(C(C)N2CCCC(CC(=O)O)C2)cn1. The molecular weight excluding hydrogens is 242 g/mol. The van der Waals surface area contributed by atoms with Crippen molar-refractivity contribution in [3.8, 4) is 0 Å². The first-order chi connectivity index (χ1) is 9.10. The summed E-state index contributed by atoms with van der Waals surface area (Å²) in [5, 5.41) is 13.2. The summed E-state index contributed by atoms with van der Waals surface area (Å²) >= 11 is 0. The normalized spacial score (nSPS) is 22.3. The van der Waals surface area contributed by atoms with Crippen LogP contribution in [-0.2, 0) is 11.3 Å². The molecule has 2 unspecified atom stereocenters. The number of carboxylic acid groups (broad SMARTS) is 1. The van der Waals surface area contributed by atoms with E-state index in [1.54, 1.807) is 0 Å². The number of hydrogen-bond acceptors (Lipinski definition) is 3. The number of aryl methyl sites for hydroxylation is 1. The molecule has 0 bridgehead atoms. The van der Waals surface area contributed by atoms with Crippen molar-refractivity contribution in [3.05, 3.63) is 18.0 Å². The van der Waals surface area contributed by atoms with Gasteiger partial charge in [0.25, 0.3) is 0 Å². The van der Waals surface area contributed by atoms with Crippen molar-refractivity contribution in [1.29, 1.82) is 0 Å². The van der Waals surface area contributed by atoms with Crippen LogP contribution in [0.5, 0.6) is 0 Å². The summed E-state index contributed by atoms with van der Waals surface area (Å²) in [6.45, 7) is 7.07. The average Bonchev–Trinajstić information content (AvgIpc) is 2.86. The van der Waals surface area contributed by atoms with Gasteiger partial charge in [0.05, 0.1) is 6.20 Å². The Balaban J connectivity index is 1.98. The second-order valence-corrected chi connectivity index (χ2v) is 5.41. The van der Waals surface area contributed by atoms with Gasteiger partial charge in [0.2, 0.25) is 0 Å². The highest BCUT2D eigenvalue weighted by molar-refractivity contribution is 5.67. The number of rotatable bonds is 5. The fourth-order valence-corrected chi connectivity index (χ4v) is 2.84. The zero-order valence-electron chi connectivity index (χ0n) is 11.7. The molecule has 5 heteroatoms. The Hall–Kier alpha value is -1.36. The van der Waals surface area contributed by atoms with Crippen LogP contribution < -0.4 is 0 Å². The molecule has 0 amide bonds. The lowest BCUT2D eigenvalue weighted by atomic mass is 9.93. The Morgan fingerprint density at radius 2 is 2.42 bits per heavy atom. The number of carbonyl (C=O) groups is 1. The predicted octanol–water partition coefficient (Wildman–Crippen LogP) is 2.15. The van der Waals surface area contributed by atoms with Crippen molar-refractivity contribution < 1.29 is 9.90 Å². The van der Waals surface area contributed by atoms with Crippen LogP contribution in [0.4, 0.5) is 0 Å². The van der Waals surface area contributed by atoms with Crippen molar-refractivity contribution in [2.45, 2.75) is 45.7 Å². The molecule has 1 aliphatic rings. The minimum Gasteiger partial charge on any atom is -0.481 e. The Bertz CT molecular complexity index is 430. The third-order valence-electron chi connectivity index (χ3n) is 4.02. The number of nitrogens with zero attached hydrogens (tertiary/aromatic N) is 3. The van der Waals surface area contributed by atoms with Crippen molar-refractivity contribution in [1.82, 2.24) is 14.7 Å². The van der Waals surface area contributed by atoms with Crippen molar-refractivity contribution in [2.24, 2.45) is 5.92 Å². The van der Waals surface area contributed by atoms with E-state index in [0.29, 0.717) is 6.04 Å². The number of aromatic nitrogens is 2. The smallest absolute Gasteiger partial charge is 0.303 e. The summed E-state index contributed by atoms with van der Waals surface area (Å²) in [5.74, 6) is -0.395. The highest BCUT2D eigenvalue weighted by Crippen LogP contribution is 2.27. The van der Waals surface area contributed by atoms with E-state index in [1.165, 1.54) is 5.56 Å². The van der Waals surface area contributed by atoms with Gasteiger partial charge in [-0.15, -0.1) is 0 Å². The molecule has 1 aromatic heterocycles. The number of piperidine rings is 1. The van der Waals surface area contributed by atoms with Crippen LogP contribution in [0, 0.1) is 5.92 Å². The van der Waals surface area contributed by atoms with Crippen LogP contribution >= 0.6 is 0 Å². The monoisotopic (exact) mass is 265 g/mol. The molecule has 0 spiro atoms. The zero-order chi connectivity index (χ0) is 13.8. The summed E-state index contributed by atoms with van der Waals surface area (Å²) in [6.07, 6.45) is 6.42. The highest BCUT2D eigenvalue weighted by atomic mass is 16.4. The number of aliphatic carboxylic acids is 1. The van der Waals surface area contributed by atoms with E-state index >= 15 is 0 Å². The molecule has 0 aromatic carbocycles. The first-order valence-electron chi connectivity index (χ1n) is 7.08. The summed E-state index contributed by atoms with van der Waals surface area (Å²) in [4.78, 5) is 13.2. The third-order valence-corrected chi connectivity index (χ3v) is 4.02. The zero-order valence-corrected chi connectivity index (χ0v) is 11.7. The average molecular weight is 265 g/mol. The highest BCUT2D eigenvalue weighted by Gasteiger charge is 2.26. The van der Waals surface area contributed by atoms with Crippen LogP contribution in [-0.4, -0.2) is 38.8 Å². The minimum atomic E-state index is -0.682. The van der Waals surface area contributed by atoms with Gasteiger partial charge in [-0.05, 0) is 39.2 Å². The fourth-order valence-electron chi connectivity index (χ4n) is 2.84. The molecule has 5 nitrogen and oxygen atoms in total. The predicted molar refractivity (Wildman–Crippen MR) is 72.9 cm³/mol. The number of carboxylic acids is 1. The molecule has 0 saturated carbocycles. The Labute approximate surface area is 114 Å². The van der Waals surface area contributed by atoms with Gasteiger partial charge in [-0.25, -0.2) is 0 Å². The molecule has 2 atom stereocenters. The Morgan fingerprint density at radius 3 is 3.05 bits per heavy atom. The third kappa shape index (κ3) is 3.56. The van der Waals surface area contributed by atoms with E-state index in [1.807, 2.05) is 10.9 Å². The van der Waals surface area contributed by atoms with E-state index in [2.05, 4.69) is 30.0 Å². The summed E-state index contributed by atoms with van der Waals surface area (Å²) in [7, 11) is 0. The molecule has 0 aliphatic carbocycles. The van der Waals surface area contributed by atoms with E-state index in [4.69, 9.17) is 5.11 Å². The molecule has 1 saturated heterocycles. The summed E-state index contributed by atoms with van der Waals surface area (Å²) < 4.78 is 1.94. The molecule has 2 rings (SSSR count). The first-order valence-corrected chi connectivity index (χ1v) is 7.08. The van der Waals surface area contributed by atoms with Crippen molar-refractivity contribution in [2.75, 3.05) is 13.1 Å². The molecule has 1 N–H and O–H groups in total. The van der Waals surface area contributed by atoms with Crippen LogP contribution in [0.3, 0.4) is 0 Å². The van der Waals surface area contributed by atoms with Crippen LogP contribution in [0.2, 0.25) is 0 Å². The topological polar surface area (TPSA) is 58.4 Å². The first kappa shape index (κ1) is 14.1. The van der Waals surface area contributed by atoms with Gasteiger partial charge in [0.1, 0.15) is 0 Å². The quantitative estimate of drug-likeness (QED) is 0.886. The maximum Gasteiger partial charge on any atom is 0.303 e. The van der Waals surface area contributed by atoms with E-state index < -0.39 is 5.97 Å². The molecule has 1 aliphatic heterocycles. The maximum absolute atomic E-state index is 10.8.